The van der Waals surface area contributed by atoms with Crippen molar-refractivity contribution in [2.24, 2.45) is 0 Å². The van der Waals surface area contributed by atoms with E-state index in [9.17, 15) is 0 Å². The molecule has 5 heterocycles. The second kappa shape index (κ2) is 35.4. The first-order valence-electron chi connectivity index (χ1n) is 50.5. The Bertz CT molecular complexity index is 10200. The lowest BCUT2D eigenvalue weighted by atomic mass is 9.86. The number of benzene rings is 25. The maximum absolute atomic E-state index is 2.52. The first-order valence-corrected chi connectivity index (χ1v) is 52.9. The van der Waals surface area contributed by atoms with Gasteiger partial charge in [-0.3, -0.25) is 0 Å². The summed E-state index contributed by atoms with van der Waals surface area (Å²) in [5.74, 6) is 0. The summed E-state index contributed by atoms with van der Waals surface area (Å²) < 4.78 is 12.8. The van der Waals surface area contributed by atoms with E-state index >= 15 is 0 Å². The van der Waals surface area contributed by atoms with Crippen LogP contribution in [-0.4, -0.2) is 9.13 Å². The highest BCUT2D eigenvalue weighted by molar-refractivity contribution is 7.28. The molecule has 30 rings (SSSR count). The standard InChI is InChI=1S/C74H45NS2.C68H43NS/c1-4-18-46(19-5-1)53-28-14-32-63-65-34-16-30-55(73(65)76-71(53)63)50-38-42-57-58-43-39-51(56-31-17-35-66-64-33-15-29-54(72(64)77-74(56)66)47-20-6-2-7-21-47)45-68(58)75(67(57)44-50)52-40-36-49(37-41-52)70-61-26-12-10-24-59(61)69(48-22-8-3-9-23-48)60-25-11-13-27-62(60)70;1-5-19-44(20-6-1)50-40-58(46-23-9-3-10-24-46)67-61(42-50)62-43-51(45-21-7-2-8-22-45)41-59(68(62)70-67)49-35-38-64-60(39-49)53-27-17-18-32-63(53)69(64)52-36-33-48(34-37-52)66-56-30-15-13-28-54(56)65(47-25-11-4-12-26-47)55-29-14-16-31-57(55)66/h1-45H;1-43H. The highest BCUT2D eigenvalue weighted by Gasteiger charge is 2.27. The molecule has 147 heavy (non-hydrogen) atoms. The molecule has 5 aromatic heterocycles. The van der Waals surface area contributed by atoms with Gasteiger partial charge >= 0.3 is 0 Å². The van der Waals surface area contributed by atoms with Gasteiger partial charge in [-0.2, -0.15) is 0 Å². The van der Waals surface area contributed by atoms with E-state index in [-0.39, 0.29) is 0 Å². The summed E-state index contributed by atoms with van der Waals surface area (Å²) in [7, 11) is 0. The molecular formula is C142H88N2S3. The molecule has 0 saturated heterocycles. The molecule has 0 N–H and O–H groups in total. The Balaban J connectivity index is 0.000000140. The molecule has 25 aromatic carbocycles. The van der Waals surface area contributed by atoms with Crippen LogP contribution in [0, 0.1) is 0 Å². The van der Waals surface area contributed by atoms with E-state index in [4.69, 9.17) is 0 Å². The second-order valence-corrected chi connectivity index (χ2v) is 41.6. The zero-order valence-electron chi connectivity index (χ0n) is 79.9. The average molecular weight is 1920 g/mol. The zero-order chi connectivity index (χ0) is 96.7. The van der Waals surface area contributed by atoms with Gasteiger partial charge in [0.15, 0.2) is 0 Å². The topological polar surface area (TPSA) is 9.86 Å². The number of nitrogens with zero attached hydrogens (tertiary/aromatic N) is 2. The molecule has 0 atom stereocenters. The minimum absolute atomic E-state index is 1.12. The smallest absolute Gasteiger partial charge is 0.0547 e. The van der Waals surface area contributed by atoms with Gasteiger partial charge in [-0.1, -0.05) is 455 Å². The first-order chi connectivity index (χ1) is 72.9. The molecule has 0 bridgehead atoms. The molecule has 684 valence electrons. The van der Waals surface area contributed by atoms with Crippen molar-refractivity contribution in [1.82, 2.24) is 9.13 Å². The van der Waals surface area contributed by atoms with Gasteiger partial charge in [0.1, 0.15) is 0 Å². The van der Waals surface area contributed by atoms with Gasteiger partial charge < -0.3 is 9.13 Å². The van der Waals surface area contributed by atoms with Crippen LogP contribution in [0.15, 0.2) is 534 Å². The van der Waals surface area contributed by atoms with E-state index in [2.05, 4.69) is 543 Å². The molecule has 0 amide bonds. The molecule has 0 saturated carbocycles. The number of rotatable bonds is 14. The Morgan fingerprint density at radius 2 is 0.333 bits per heavy atom. The average Bonchev–Trinajstić information content (AvgIpc) is 1.70. The van der Waals surface area contributed by atoms with Gasteiger partial charge in [0.2, 0.25) is 0 Å². The molecular weight excluding hydrogens is 1830 g/mol. The van der Waals surface area contributed by atoms with Crippen molar-refractivity contribution in [3.8, 4) is 145 Å². The van der Waals surface area contributed by atoms with Crippen LogP contribution >= 0.6 is 34.0 Å². The summed E-state index contributed by atoms with van der Waals surface area (Å²) in [4.78, 5) is 0. The van der Waals surface area contributed by atoms with E-state index < -0.39 is 0 Å². The fourth-order valence-corrected chi connectivity index (χ4v) is 27.8. The molecule has 30 aromatic rings. The number of fused-ring (bicyclic) bond motifs is 19. The SMILES string of the molecule is c1ccc(-c2c3ccccc3c(-c3ccc(-n4c5cc(-c6cccc7c6sc6c(-c8ccccc8)cccc67)ccc5c5ccc(-c6cccc7c6sc6c(-c8ccccc8)cccc67)cc54)cc3)c3ccccc23)cc1.c1ccc(-c2cc(-c3ccccc3)c3sc4c(-c5ccc6c(c5)c5ccccc5n6-c5ccc(-c6c7ccccc7c(-c7ccccc7)c7ccccc67)cc5)cc(-c5ccccc5)cc4c3c2)cc1. The van der Waals surface area contributed by atoms with Gasteiger partial charge in [-0.25, -0.2) is 0 Å². The van der Waals surface area contributed by atoms with Gasteiger partial charge in [-0.15, -0.1) is 34.0 Å². The summed E-state index contributed by atoms with van der Waals surface area (Å²) in [5.41, 5.74) is 36.7. The van der Waals surface area contributed by atoms with Crippen molar-refractivity contribution in [3.63, 3.8) is 0 Å². The Morgan fingerprint density at radius 1 is 0.109 bits per heavy atom. The van der Waals surface area contributed by atoms with Crippen LogP contribution in [-0.2, 0) is 0 Å². The predicted molar refractivity (Wildman–Crippen MR) is 635 cm³/mol. The first kappa shape index (κ1) is 85.6. The lowest BCUT2D eigenvalue weighted by Crippen LogP contribution is -1.95. The number of aromatic nitrogens is 2. The maximum atomic E-state index is 2.52. The Kier molecular flexibility index (Phi) is 20.6. The predicted octanol–water partition coefficient (Wildman–Crippen LogP) is 41.3. The van der Waals surface area contributed by atoms with Crippen molar-refractivity contribution in [1.29, 1.82) is 0 Å². The van der Waals surface area contributed by atoms with Crippen molar-refractivity contribution in [3.05, 3.63) is 534 Å². The van der Waals surface area contributed by atoms with Crippen LogP contribution in [0.2, 0.25) is 0 Å². The van der Waals surface area contributed by atoms with E-state index in [1.807, 2.05) is 34.0 Å². The minimum Gasteiger partial charge on any atom is -0.309 e. The Labute approximate surface area is 862 Å². The summed E-state index contributed by atoms with van der Waals surface area (Å²) >= 11 is 5.74. The Morgan fingerprint density at radius 3 is 0.680 bits per heavy atom. The van der Waals surface area contributed by atoms with Gasteiger partial charge in [0, 0.05) is 105 Å². The van der Waals surface area contributed by atoms with Crippen LogP contribution in [0.4, 0.5) is 0 Å². The maximum Gasteiger partial charge on any atom is 0.0547 e. The third-order valence-corrected chi connectivity index (χ3v) is 34.2. The van der Waals surface area contributed by atoms with Crippen LogP contribution in [0.5, 0.6) is 0 Å². The number of para-hydroxylation sites is 1. The number of hydrogen-bond donors (Lipinski definition) is 0. The number of hydrogen-bond acceptors (Lipinski definition) is 3. The highest BCUT2D eigenvalue weighted by atomic mass is 32.1. The summed E-state index contributed by atoms with van der Waals surface area (Å²) in [6.07, 6.45) is 0. The summed E-state index contributed by atoms with van der Waals surface area (Å²) in [5, 5.41) is 22.8. The molecule has 0 fully saturated rings. The fourth-order valence-electron chi connectivity index (χ4n) is 23.7. The summed E-state index contributed by atoms with van der Waals surface area (Å²) in [6, 6.07) is 197. The van der Waals surface area contributed by atoms with Crippen LogP contribution in [0.25, 0.3) is 292 Å². The summed E-state index contributed by atoms with van der Waals surface area (Å²) in [6.45, 7) is 0. The molecule has 2 nitrogen and oxygen atoms in total. The molecule has 0 radical (unpaired) electrons. The molecule has 0 aliphatic heterocycles. The molecule has 0 unspecified atom stereocenters. The van der Waals surface area contributed by atoms with Crippen LogP contribution in [0.1, 0.15) is 0 Å². The van der Waals surface area contributed by atoms with E-state index in [0.29, 0.717) is 0 Å². The molecule has 5 heteroatoms. The molecule has 0 spiro atoms. The highest BCUT2D eigenvalue weighted by Crippen LogP contribution is 2.54. The van der Waals surface area contributed by atoms with Gasteiger partial charge in [-0.05, 0) is 244 Å². The van der Waals surface area contributed by atoms with Gasteiger partial charge in [0.05, 0.1) is 22.1 Å². The lowest BCUT2D eigenvalue weighted by Gasteiger charge is -2.18. The normalized spacial score (nSPS) is 11.8. The Hall–Kier alpha value is -18.2. The van der Waals surface area contributed by atoms with Crippen molar-refractivity contribution >= 4 is 181 Å². The van der Waals surface area contributed by atoms with Crippen LogP contribution < -0.4 is 0 Å². The quantitative estimate of drug-likeness (QED) is 0.0961. The minimum atomic E-state index is 1.12. The molecule has 0 aliphatic carbocycles. The monoisotopic (exact) mass is 1920 g/mol. The third kappa shape index (κ3) is 14.3. The third-order valence-electron chi connectivity index (χ3n) is 30.4. The molecule has 0 aliphatic rings. The van der Waals surface area contributed by atoms with Crippen molar-refractivity contribution in [2.75, 3.05) is 0 Å². The van der Waals surface area contributed by atoms with Crippen molar-refractivity contribution in [2.45, 2.75) is 0 Å². The second-order valence-electron chi connectivity index (χ2n) is 38.6. The van der Waals surface area contributed by atoms with Gasteiger partial charge in [0.25, 0.3) is 0 Å². The van der Waals surface area contributed by atoms with Crippen LogP contribution in [0.3, 0.4) is 0 Å². The van der Waals surface area contributed by atoms with E-state index in [1.54, 1.807) is 0 Å². The zero-order valence-corrected chi connectivity index (χ0v) is 82.4. The van der Waals surface area contributed by atoms with E-state index in [0.717, 1.165) is 11.4 Å². The fraction of sp³-hybridized carbons (Fsp3) is 0. The van der Waals surface area contributed by atoms with Crippen molar-refractivity contribution < 1.29 is 0 Å². The lowest BCUT2D eigenvalue weighted by molar-refractivity contribution is 1.18. The van der Waals surface area contributed by atoms with E-state index in [1.165, 1.54) is 281 Å². The number of thiophene rings is 3. The largest absolute Gasteiger partial charge is 0.309 e.